The smallest absolute Gasteiger partial charge is 0.123 e. The molecule has 1 saturated carbocycles. The van der Waals surface area contributed by atoms with Crippen LogP contribution in [0, 0.1) is 12.8 Å². The zero-order valence-electron chi connectivity index (χ0n) is 12.5. The van der Waals surface area contributed by atoms with Gasteiger partial charge in [0.15, 0.2) is 0 Å². The van der Waals surface area contributed by atoms with Gasteiger partial charge in [0.05, 0.1) is 7.11 Å². The minimum atomic E-state index is -0.207. The van der Waals surface area contributed by atoms with Gasteiger partial charge in [0, 0.05) is 11.1 Å². The number of aryl methyl sites for hydroxylation is 1. The molecular formula is C17H27NO. The van der Waals surface area contributed by atoms with Gasteiger partial charge in [0.25, 0.3) is 0 Å². The molecule has 2 heteroatoms. The number of hydrogen-bond acceptors (Lipinski definition) is 2. The minimum absolute atomic E-state index is 0.207. The summed E-state index contributed by atoms with van der Waals surface area (Å²) in [5.74, 6) is 1.80. The SMILES string of the molecule is CCC1CCCC(N)(c2cc(C)ccc2OC)CC1. The molecule has 2 nitrogen and oxygen atoms in total. The summed E-state index contributed by atoms with van der Waals surface area (Å²) < 4.78 is 5.53. The van der Waals surface area contributed by atoms with Crippen molar-refractivity contribution < 1.29 is 4.74 Å². The molecule has 0 saturated heterocycles. The molecule has 1 aliphatic rings. The topological polar surface area (TPSA) is 35.2 Å². The molecule has 1 aliphatic carbocycles. The van der Waals surface area contributed by atoms with Crippen LogP contribution in [-0.4, -0.2) is 7.11 Å². The van der Waals surface area contributed by atoms with Crippen molar-refractivity contribution in [2.45, 2.75) is 57.9 Å². The highest BCUT2D eigenvalue weighted by Gasteiger charge is 2.33. The molecule has 2 atom stereocenters. The lowest BCUT2D eigenvalue weighted by molar-refractivity contribution is 0.342. The molecule has 0 radical (unpaired) electrons. The molecule has 0 spiro atoms. The van der Waals surface area contributed by atoms with Crippen molar-refractivity contribution in [3.8, 4) is 5.75 Å². The summed E-state index contributed by atoms with van der Waals surface area (Å²) in [5, 5.41) is 0. The van der Waals surface area contributed by atoms with E-state index in [-0.39, 0.29) is 5.54 Å². The van der Waals surface area contributed by atoms with E-state index < -0.39 is 0 Å². The summed E-state index contributed by atoms with van der Waals surface area (Å²) in [6, 6.07) is 6.36. The van der Waals surface area contributed by atoms with Crippen LogP contribution < -0.4 is 10.5 Å². The fraction of sp³-hybridized carbons (Fsp3) is 0.647. The molecule has 19 heavy (non-hydrogen) atoms. The third-order valence-electron chi connectivity index (χ3n) is 4.70. The number of hydrogen-bond donors (Lipinski definition) is 1. The maximum atomic E-state index is 6.76. The van der Waals surface area contributed by atoms with Gasteiger partial charge in [-0.1, -0.05) is 43.9 Å². The second-order valence-corrected chi connectivity index (χ2v) is 6.07. The molecule has 0 heterocycles. The highest BCUT2D eigenvalue weighted by atomic mass is 16.5. The Labute approximate surface area is 117 Å². The summed E-state index contributed by atoms with van der Waals surface area (Å²) in [7, 11) is 1.74. The van der Waals surface area contributed by atoms with Crippen molar-refractivity contribution in [3.05, 3.63) is 29.3 Å². The maximum absolute atomic E-state index is 6.76. The highest BCUT2D eigenvalue weighted by molar-refractivity contribution is 5.42. The Balaban J connectivity index is 2.30. The molecule has 0 aromatic heterocycles. The van der Waals surface area contributed by atoms with E-state index in [1.807, 2.05) is 0 Å². The van der Waals surface area contributed by atoms with E-state index in [2.05, 4.69) is 32.0 Å². The highest BCUT2D eigenvalue weighted by Crippen LogP contribution is 2.40. The molecule has 1 aromatic rings. The van der Waals surface area contributed by atoms with Crippen LogP contribution in [0.2, 0.25) is 0 Å². The minimum Gasteiger partial charge on any atom is -0.496 e. The number of rotatable bonds is 3. The van der Waals surface area contributed by atoms with E-state index in [0.29, 0.717) is 0 Å². The van der Waals surface area contributed by atoms with Crippen LogP contribution in [0.15, 0.2) is 18.2 Å². The van der Waals surface area contributed by atoms with Crippen molar-refractivity contribution in [2.24, 2.45) is 11.7 Å². The quantitative estimate of drug-likeness (QED) is 0.830. The summed E-state index contributed by atoms with van der Waals surface area (Å²) >= 11 is 0. The standard InChI is InChI=1S/C17H27NO/c1-4-14-6-5-10-17(18,11-9-14)15-12-13(2)7-8-16(15)19-3/h7-8,12,14H,4-6,9-11,18H2,1-3H3. The zero-order chi connectivity index (χ0) is 13.9. The Morgan fingerprint density at radius 3 is 2.79 bits per heavy atom. The second-order valence-electron chi connectivity index (χ2n) is 6.07. The van der Waals surface area contributed by atoms with Crippen LogP contribution in [0.1, 0.15) is 56.6 Å². The van der Waals surface area contributed by atoms with E-state index in [0.717, 1.165) is 24.5 Å². The van der Waals surface area contributed by atoms with E-state index >= 15 is 0 Å². The summed E-state index contributed by atoms with van der Waals surface area (Å²) in [6.45, 7) is 4.42. The van der Waals surface area contributed by atoms with E-state index in [9.17, 15) is 0 Å². The molecule has 1 fully saturated rings. The predicted molar refractivity (Wildman–Crippen MR) is 80.5 cm³/mol. The van der Waals surface area contributed by atoms with Crippen LogP contribution in [0.5, 0.6) is 5.75 Å². The number of methoxy groups -OCH3 is 1. The van der Waals surface area contributed by atoms with Crippen LogP contribution in [0.25, 0.3) is 0 Å². The van der Waals surface area contributed by atoms with E-state index in [4.69, 9.17) is 10.5 Å². The third kappa shape index (κ3) is 3.11. The maximum Gasteiger partial charge on any atom is 0.123 e. The fourth-order valence-corrected chi connectivity index (χ4v) is 3.33. The first-order valence-corrected chi connectivity index (χ1v) is 7.53. The predicted octanol–water partition coefficient (Wildman–Crippen LogP) is 4.15. The molecular weight excluding hydrogens is 234 g/mol. The van der Waals surface area contributed by atoms with Crippen molar-refractivity contribution in [2.75, 3.05) is 7.11 Å². The van der Waals surface area contributed by atoms with Gasteiger partial charge in [-0.15, -0.1) is 0 Å². The first-order chi connectivity index (χ1) is 9.09. The van der Waals surface area contributed by atoms with Gasteiger partial charge in [-0.2, -0.15) is 0 Å². The Bertz CT molecular complexity index is 429. The van der Waals surface area contributed by atoms with Crippen LogP contribution in [0.4, 0.5) is 0 Å². The molecule has 0 amide bonds. The van der Waals surface area contributed by atoms with Gasteiger partial charge in [-0.05, 0) is 38.2 Å². The van der Waals surface area contributed by atoms with Crippen LogP contribution in [0.3, 0.4) is 0 Å². The number of benzene rings is 1. The van der Waals surface area contributed by atoms with Gasteiger partial charge in [0.2, 0.25) is 0 Å². The Hall–Kier alpha value is -1.02. The normalized spacial score (nSPS) is 27.9. The van der Waals surface area contributed by atoms with Crippen molar-refractivity contribution >= 4 is 0 Å². The fourth-order valence-electron chi connectivity index (χ4n) is 3.33. The average molecular weight is 261 g/mol. The van der Waals surface area contributed by atoms with Gasteiger partial charge in [-0.25, -0.2) is 0 Å². The average Bonchev–Trinajstić information content (AvgIpc) is 2.61. The summed E-state index contributed by atoms with van der Waals surface area (Å²) in [5.41, 5.74) is 9.02. The lowest BCUT2D eigenvalue weighted by Gasteiger charge is -2.30. The Morgan fingerprint density at radius 1 is 1.32 bits per heavy atom. The van der Waals surface area contributed by atoms with Crippen LogP contribution >= 0.6 is 0 Å². The Kier molecular flexibility index (Phi) is 4.51. The first kappa shape index (κ1) is 14.4. The lowest BCUT2D eigenvalue weighted by atomic mass is 9.82. The van der Waals surface area contributed by atoms with Crippen molar-refractivity contribution in [1.82, 2.24) is 0 Å². The zero-order valence-corrected chi connectivity index (χ0v) is 12.5. The molecule has 2 rings (SSSR count). The van der Waals surface area contributed by atoms with Crippen molar-refractivity contribution in [1.29, 1.82) is 0 Å². The van der Waals surface area contributed by atoms with Crippen molar-refractivity contribution in [3.63, 3.8) is 0 Å². The molecule has 106 valence electrons. The van der Waals surface area contributed by atoms with Crippen LogP contribution in [-0.2, 0) is 5.54 Å². The van der Waals surface area contributed by atoms with E-state index in [1.165, 1.54) is 36.8 Å². The molecule has 1 aromatic carbocycles. The summed E-state index contributed by atoms with van der Waals surface area (Å²) in [6.07, 6.45) is 7.22. The van der Waals surface area contributed by atoms with Gasteiger partial charge >= 0.3 is 0 Å². The Morgan fingerprint density at radius 2 is 2.11 bits per heavy atom. The van der Waals surface area contributed by atoms with Gasteiger partial charge in [0.1, 0.15) is 5.75 Å². The molecule has 0 bridgehead atoms. The monoisotopic (exact) mass is 261 g/mol. The first-order valence-electron chi connectivity index (χ1n) is 7.53. The molecule has 0 aliphatic heterocycles. The number of nitrogens with two attached hydrogens (primary N) is 1. The molecule has 2 unspecified atom stereocenters. The molecule has 2 N–H and O–H groups in total. The lowest BCUT2D eigenvalue weighted by Crippen LogP contribution is -2.36. The summed E-state index contributed by atoms with van der Waals surface area (Å²) in [4.78, 5) is 0. The number of ether oxygens (including phenoxy) is 1. The largest absolute Gasteiger partial charge is 0.496 e. The van der Waals surface area contributed by atoms with Gasteiger partial charge in [-0.3, -0.25) is 0 Å². The van der Waals surface area contributed by atoms with E-state index in [1.54, 1.807) is 7.11 Å². The van der Waals surface area contributed by atoms with Gasteiger partial charge < -0.3 is 10.5 Å². The second kappa shape index (κ2) is 5.96. The third-order valence-corrected chi connectivity index (χ3v) is 4.70.